The summed E-state index contributed by atoms with van der Waals surface area (Å²) in [5.74, 6) is 0.366. The molecule has 0 aliphatic carbocycles. The van der Waals surface area contributed by atoms with Crippen LogP contribution in [0.3, 0.4) is 0 Å². The Morgan fingerprint density at radius 1 is 0.792 bits per heavy atom. The van der Waals surface area contributed by atoms with E-state index in [-0.39, 0.29) is 11.9 Å². The highest BCUT2D eigenvalue weighted by Gasteiger charge is 2.06. The molecule has 0 amide bonds. The summed E-state index contributed by atoms with van der Waals surface area (Å²) >= 11 is 0. The van der Waals surface area contributed by atoms with Gasteiger partial charge in [-0.2, -0.15) is 0 Å². The lowest BCUT2D eigenvalue weighted by atomic mass is 10.1. The number of carbonyl (C=O) groups is 2. The van der Waals surface area contributed by atoms with Crippen molar-refractivity contribution in [3.63, 3.8) is 0 Å². The van der Waals surface area contributed by atoms with E-state index in [0.717, 1.165) is 49.7 Å². The fourth-order valence-corrected chi connectivity index (χ4v) is 2.65. The fourth-order valence-electron chi connectivity index (χ4n) is 2.65. The van der Waals surface area contributed by atoms with Gasteiger partial charge >= 0.3 is 11.9 Å². The van der Waals surface area contributed by atoms with Crippen molar-refractivity contribution in [1.29, 1.82) is 0 Å². The van der Waals surface area contributed by atoms with Gasteiger partial charge in [0.25, 0.3) is 0 Å². The highest BCUT2D eigenvalue weighted by Crippen LogP contribution is 2.17. The summed E-state index contributed by atoms with van der Waals surface area (Å²) in [5.41, 5.74) is 2.20. The molecule has 0 radical (unpaired) electrons. The number of benzene rings is 1. The minimum atomic E-state index is -0.165. The number of carbonyl (C=O) groups excluding carboxylic acids is 2. The van der Waals surface area contributed by atoms with Gasteiger partial charge in [0.05, 0.1) is 6.61 Å². The van der Waals surface area contributed by atoms with Gasteiger partial charge in [-0.1, -0.05) is 31.7 Å². The van der Waals surface area contributed by atoms with Gasteiger partial charge in [-0.05, 0) is 56.9 Å². The van der Waals surface area contributed by atoms with Gasteiger partial charge in [0, 0.05) is 12.8 Å². The lowest BCUT2D eigenvalue weighted by Gasteiger charge is -2.06. The van der Waals surface area contributed by atoms with Crippen LogP contribution in [0.2, 0.25) is 0 Å². The van der Waals surface area contributed by atoms with E-state index in [1.807, 2.05) is 32.9 Å². The minimum absolute atomic E-state index is 0.105. The lowest BCUT2D eigenvalue weighted by Crippen LogP contribution is -2.07. The summed E-state index contributed by atoms with van der Waals surface area (Å²) in [5, 5.41) is 0. The zero-order valence-electron chi connectivity index (χ0n) is 15.2. The molecular formula is C20H30O4. The number of hydrogen-bond acceptors (Lipinski definition) is 4. The summed E-state index contributed by atoms with van der Waals surface area (Å²) in [6.07, 6.45) is 6.92. The first-order valence-corrected chi connectivity index (χ1v) is 8.96. The highest BCUT2D eigenvalue weighted by atomic mass is 16.5. The third kappa shape index (κ3) is 9.33. The van der Waals surface area contributed by atoms with Crippen molar-refractivity contribution in [2.45, 2.75) is 72.1 Å². The quantitative estimate of drug-likeness (QED) is 0.328. The predicted molar refractivity (Wildman–Crippen MR) is 95.1 cm³/mol. The van der Waals surface area contributed by atoms with Crippen LogP contribution in [0, 0.1) is 13.8 Å². The average molecular weight is 334 g/mol. The fraction of sp³-hybridized carbons (Fsp3) is 0.600. The van der Waals surface area contributed by atoms with Crippen LogP contribution >= 0.6 is 0 Å². The van der Waals surface area contributed by atoms with Crippen molar-refractivity contribution in [2.75, 3.05) is 6.61 Å². The number of esters is 2. The van der Waals surface area contributed by atoms with E-state index in [1.54, 1.807) is 0 Å². The Morgan fingerprint density at radius 2 is 1.29 bits per heavy atom. The van der Waals surface area contributed by atoms with E-state index in [1.165, 1.54) is 0 Å². The van der Waals surface area contributed by atoms with E-state index < -0.39 is 0 Å². The van der Waals surface area contributed by atoms with Crippen LogP contribution in [-0.4, -0.2) is 18.5 Å². The van der Waals surface area contributed by atoms with Gasteiger partial charge in [-0.3, -0.25) is 9.59 Å². The number of aryl methyl sites for hydroxylation is 2. The summed E-state index contributed by atoms with van der Waals surface area (Å²) in [4.78, 5) is 23.0. The van der Waals surface area contributed by atoms with Crippen LogP contribution in [-0.2, 0) is 14.3 Å². The first-order chi connectivity index (χ1) is 11.5. The minimum Gasteiger partial charge on any atom is -0.466 e. The molecule has 4 heteroatoms. The third-order valence-corrected chi connectivity index (χ3v) is 3.74. The maximum atomic E-state index is 11.8. The number of ether oxygens (including phenoxy) is 2. The van der Waals surface area contributed by atoms with Crippen LogP contribution in [0.25, 0.3) is 0 Å². The smallest absolute Gasteiger partial charge is 0.311 e. The zero-order chi connectivity index (χ0) is 17.8. The van der Waals surface area contributed by atoms with E-state index in [4.69, 9.17) is 9.47 Å². The Hall–Kier alpha value is -1.84. The van der Waals surface area contributed by atoms with E-state index in [0.29, 0.717) is 25.2 Å². The van der Waals surface area contributed by atoms with Gasteiger partial charge in [-0.15, -0.1) is 0 Å². The van der Waals surface area contributed by atoms with Crippen LogP contribution in [0.15, 0.2) is 18.2 Å². The predicted octanol–water partition coefficient (Wildman–Crippen LogP) is 4.89. The molecule has 0 saturated heterocycles. The first-order valence-electron chi connectivity index (χ1n) is 8.96. The Kier molecular flexibility index (Phi) is 9.81. The monoisotopic (exact) mass is 334 g/mol. The molecule has 0 atom stereocenters. The molecule has 0 aliphatic heterocycles. The molecule has 1 rings (SSSR count). The van der Waals surface area contributed by atoms with Crippen LogP contribution in [0.5, 0.6) is 5.75 Å². The second-order valence-electron chi connectivity index (χ2n) is 6.22. The molecule has 0 aromatic heterocycles. The third-order valence-electron chi connectivity index (χ3n) is 3.74. The van der Waals surface area contributed by atoms with E-state index in [9.17, 15) is 9.59 Å². The zero-order valence-corrected chi connectivity index (χ0v) is 15.2. The Balaban J connectivity index is 2.04. The molecule has 0 unspecified atom stereocenters. The van der Waals surface area contributed by atoms with Gasteiger partial charge in [0.2, 0.25) is 0 Å². The molecule has 1 aromatic rings. The summed E-state index contributed by atoms with van der Waals surface area (Å²) < 4.78 is 10.3. The number of hydrogen-bond donors (Lipinski definition) is 0. The van der Waals surface area contributed by atoms with Crippen molar-refractivity contribution in [3.8, 4) is 5.75 Å². The number of unbranched alkanes of at least 4 members (excludes halogenated alkanes) is 5. The molecule has 134 valence electrons. The topological polar surface area (TPSA) is 52.6 Å². The molecule has 0 saturated carbocycles. The summed E-state index contributed by atoms with van der Waals surface area (Å²) in [7, 11) is 0. The molecule has 0 N–H and O–H groups in total. The van der Waals surface area contributed by atoms with Crippen molar-refractivity contribution >= 4 is 11.9 Å². The molecule has 1 aromatic carbocycles. The molecule has 4 nitrogen and oxygen atoms in total. The lowest BCUT2D eigenvalue weighted by molar-refractivity contribution is -0.143. The van der Waals surface area contributed by atoms with Gasteiger partial charge in [0.1, 0.15) is 5.75 Å². The van der Waals surface area contributed by atoms with E-state index in [2.05, 4.69) is 6.07 Å². The second kappa shape index (κ2) is 11.7. The van der Waals surface area contributed by atoms with Gasteiger partial charge < -0.3 is 9.47 Å². The summed E-state index contributed by atoms with van der Waals surface area (Å²) in [6.45, 7) is 6.26. The summed E-state index contributed by atoms with van der Waals surface area (Å²) in [6, 6.07) is 5.82. The van der Waals surface area contributed by atoms with E-state index >= 15 is 0 Å². The van der Waals surface area contributed by atoms with Crippen LogP contribution in [0.1, 0.15) is 69.4 Å². The Bertz CT molecular complexity index is 502. The Labute approximate surface area is 145 Å². The van der Waals surface area contributed by atoms with Crippen molar-refractivity contribution in [1.82, 2.24) is 0 Å². The molecule has 0 spiro atoms. The van der Waals surface area contributed by atoms with Crippen molar-refractivity contribution in [3.05, 3.63) is 29.3 Å². The molecular weight excluding hydrogens is 304 g/mol. The largest absolute Gasteiger partial charge is 0.466 e. The maximum absolute atomic E-state index is 11.8. The van der Waals surface area contributed by atoms with Gasteiger partial charge in [-0.25, -0.2) is 0 Å². The SMILES string of the molecule is CCOC(=O)CCCCCCCCC(=O)Oc1cc(C)cc(C)c1. The second-order valence-corrected chi connectivity index (χ2v) is 6.22. The molecule has 24 heavy (non-hydrogen) atoms. The van der Waals surface area contributed by atoms with Crippen molar-refractivity contribution < 1.29 is 19.1 Å². The normalized spacial score (nSPS) is 10.5. The van der Waals surface area contributed by atoms with Crippen LogP contribution < -0.4 is 4.74 Å². The molecule has 0 heterocycles. The Morgan fingerprint density at radius 3 is 1.83 bits per heavy atom. The standard InChI is InChI=1S/C20H30O4/c1-4-23-19(21)11-9-7-5-6-8-10-12-20(22)24-18-14-16(2)13-17(3)15-18/h13-15H,4-12H2,1-3H3. The molecule has 0 bridgehead atoms. The molecule has 0 fully saturated rings. The number of rotatable bonds is 11. The van der Waals surface area contributed by atoms with Crippen molar-refractivity contribution in [2.24, 2.45) is 0 Å². The first kappa shape index (κ1) is 20.2. The van der Waals surface area contributed by atoms with Gasteiger partial charge in [0.15, 0.2) is 0 Å². The molecule has 0 aliphatic rings. The maximum Gasteiger partial charge on any atom is 0.311 e. The highest BCUT2D eigenvalue weighted by molar-refractivity contribution is 5.72. The average Bonchev–Trinajstić information content (AvgIpc) is 2.49. The van der Waals surface area contributed by atoms with Crippen LogP contribution in [0.4, 0.5) is 0 Å².